The second-order valence-corrected chi connectivity index (χ2v) is 9.25. The number of ether oxygens (including phenoxy) is 4. The zero-order chi connectivity index (χ0) is 30.3. The molecule has 0 bridgehead atoms. The van der Waals surface area contributed by atoms with E-state index in [0.717, 1.165) is 0 Å². The van der Waals surface area contributed by atoms with E-state index < -0.39 is 23.9 Å². The first-order valence-electron chi connectivity index (χ1n) is 12.1. The van der Waals surface area contributed by atoms with E-state index in [4.69, 9.17) is 18.9 Å². The van der Waals surface area contributed by atoms with Crippen molar-refractivity contribution in [3.63, 3.8) is 0 Å². The van der Waals surface area contributed by atoms with E-state index >= 15 is 0 Å². The molecule has 0 unspecified atom stereocenters. The van der Waals surface area contributed by atoms with Crippen LogP contribution in [0.1, 0.15) is 52.7 Å². The summed E-state index contributed by atoms with van der Waals surface area (Å²) in [5, 5.41) is 0. The molecule has 0 heterocycles. The van der Waals surface area contributed by atoms with Crippen molar-refractivity contribution in [1.29, 1.82) is 0 Å². The third-order valence-corrected chi connectivity index (χ3v) is 5.50. The second-order valence-electron chi connectivity index (χ2n) is 9.25. The summed E-state index contributed by atoms with van der Waals surface area (Å²) in [5.74, 6) is -2.09. The molecule has 2 aromatic carbocycles. The lowest BCUT2D eigenvalue weighted by Gasteiger charge is -2.17. The summed E-state index contributed by atoms with van der Waals surface area (Å²) in [5.41, 5.74) is 3.01. The van der Waals surface area contributed by atoms with Crippen molar-refractivity contribution in [3.05, 3.63) is 96.1 Å². The van der Waals surface area contributed by atoms with E-state index in [1.54, 1.807) is 38.1 Å². The summed E-state index contributed by atoms with van der Waals surface area (Å²) >= 11 is 0. The van der Waals surface area contributed by atoms with Crippen LogP contribution in [-0.2, 0) is 19.2 Å². The van der Waals surface area contributed by atoms with Crippen molar-refractivity contribution in [3.8, 4) is 23.0 Å². The number of esters is 4. The molecule has 0 atom stereocenters. The first kappa shape index (κ1) is 31.2. The van der Waals surface area contributed by atoms with Gasteiger partial charge in [-0.25, -0.2) is 19.2 Å². The first-order valence-corrected chi connectivity index (χ1v) is 12.1. The summed E-state index contributed by atoms with van der Waals surface area (Å²) in [7, 11) is 0. The Hall–Kier alpha value is -4.98. The lowest BCUT2D eigenvalue weighted by molar-refractivity contribution is -0.131. The van der Waals surface area contributed by atoms with E-state index in [1.165, 1.54) is 39.8 Å². The summed E-state index contributed by atoms with van der Waals surface area (Å²) in [6, 6.07) is 9.18. The summed E-state index contributed by atoms with van der Waals surface area (Å²) in [6.45, 7) is 24.0. The molecule has 0 aliphatic rings. The number of carbonyl (C=O) groups is 4. The average molecular weight is 545 g/mol. The van der Waals surface area contributed by atoms with E-state index in [2.05, 4.69) is 26.3 Å². The molecule has 40 heavy (non-hydrogen) atoms. The SMILES string of the molecule is C=C(C)C(=O)Oc1ccc(/C(C)=C(\C)c2ccc(OC(=O)C(=C)C)cc2OC(=O)C(=C)C)c(OC(=O)C(=C)C)c1. The number of rotatable bonds is 10. The maximum absolute atomic E-state index is 12.4. The van der Waals surface area contributed by atoms with E-state index in [0.29, 0.717) is 22.3 Å². The first-order chi connectivity index (χ1) is 18.6. The van der Waals surface area contributed by atoms with Crippen LogP contribution in [0.2, 0.25) is 0 Å². The van der Waals surface area contributed by atoms with Crippen LogP contribution in [0.3, 0.4) is 0 Å². The van der Waals surface area contributed by atoms with E-state index in [-0.39, 0.29) is 45.3 Å². The third-order valence-electron chi connectivity index (χ3n) is 5.50. The molecule has 0 aliphatic heterocycles. The minimum absolute atomic E-state index is 0.115. The molecule has 0 radical (unpaired) electrons. The fourth-order valence-electron chi connectivity index (χ4n) is 3.09. The van der Waals surface area contributed by atoms with Crippen molar-refractivity contribution in [2.24, 2.45) is 0 Å². The molecule has 0 aromatic heterocycles. The van der Waals surface area contributed by atoms with Crippen LogP contribution < -0.4 is 18.9 Å². The van der Waals surface area contributed by atoms with Gasteiger partial charge in [0.2, 0.25) is 0 Å². The molecule has 0 N–H and O–H groups in total. The Labute approximate surface area is 233 Å². The van der Waals surface area contributed by atoms with Gasteiger partial charge in [0.25, 0.3) is 0 Å². The molecule has 0 saturated carbocycles. The maximum atomic E-state index is 12.4. The molecule has 0 saturated heterocycles. The fourth-order valence-corrected chi connectivity index (χ4v) is 3.09. The Balaban J connectivity index is 2.69. The molecular formula is C32H32O8. The summed E-state index contributed by atoms with van der Waals surface area (Å²) in [6.07, 6.45) is 0. The molecule has 2 aromatic rings. The van der Waals surface area contributed by atoms with Gasteiger partial charge in [0.1, 0.15) is 23.0 Å². The largest absolute Gasteiger partial charge is 0.423 e. The molecule has 0 amide bonds. The quantitative estimate of drug-likeness (QED) is 0.143. The van der Waals surface area contributed by atoms with Crippen molar-refractivity contribution in [1.82, 2.24) is 0 Å². The highest BCUT2D eigenvalue weighted by atomic mass is 16.6. The smallest absolute Gasteiger partial charge is 0.338 e. The fraction of sp³-hybridized carbons (Fsp3) is 0.188. The van der Waals surface area contributed by atoms with Crippen LogP contribution in [0, 0.1) is 0 Å². The lowest BCUT2D eigenvalue weighted by atomic mass is 9.95. The van der Waals surface area contributed by atoms with Gasteiger partial charge < -0.3 is 18.9 Å². The highest BCUT2D eigenvalue weighted by molar-refractivity contribution is 5.96. The van der Waals surface area contributed by atoms with Gasteiger partial charge >= 0.3 is 23.9 Å². The predicted octanol–water partition coefficient (Wildman–Crippen LogP) is 6.56. The molecule has 0 aliphatic carbocycles. The molecule has 208 valence electrons. The molecular weight excluding hydrogens is 512 g/mol. The van der Waals surface area contributed by atoms with Crippen LogP contribution in [-0.4, -0.2) is 23.9 Å². The highest BCUT2D eigenvalue weighted by Crippen LogP contribution is 2.39. The summed E-state index contributed by atoms with van der Waals surface area (Å²) < 4.78 is 21.7. The van der Waals surface area contributed by atoms with Gasteiger partial charge in [-0.1, -0.05) is 26.3 Å². The standard InChI is InChI=1S/C32H32O8/c1-17(2)29(33)37-23-11-13-25(27(15-23)39-31(35)19(5)6)21(9)22(10)26-14-12-24(38-30(34)18(3)4)16-28(26)40-32(36)20(7)8/h11-16H,1,3,5,7H2,2,4,6,8-10H3/b22-21+. The van der Waals surface area contributed by atoms with Gasteiger partial charge in [0.15, 0.2) is 0 Å². The van der Waals surface area contributed by atoms with E-state index in [9.17, 15) is 19.2 Å². The number of carbonyl (C=O) groups excluding carboxylic acids is 4. The van der Waals surface area contributed by atoms with Crippen LogP contribution >= 0.6 is 0 Å². The second kappa shape index (κ2) is 13.2. The Kier molecular flexibility index (Phi) is 10.3. The van der Waals surface area contributed by atoms with Gasteiger partial charge in [0.05, 0.1) is 0 Å². The zero-order valence-corrected chi connectivity index (χ0v) is 23.6. The average Bonchev–Trinajstić information content (AvgIpc) is 2.87. The number of hydrogen-bond acceptors (Lipinski definition) is 8. The Morgan fingerprint density at radius 1 is 0.475 bits per heavy atom. The monoisotopic (exact) mass is 544 g/mol. The molecule has 0 spiro atoms. The summed E-state index contributed by atoms with van der Waals surface area (Å²) in [4.78, 5) is 48.9. The molecule has 2 rings (SSSR count). The van der Waals surface area contributed by atoms with Crippen molar-refractivity contribution >= 4 is 35.0 Å². The predicted molar refractivity (Wildman–Crippen MR) is 153 cm³/mol. The number of benzene rings is 2. The number of hydrogen-bond donors (Lipinski definition) is 0. The van der Waals surface area contributed by atoms with Gasteiger partial charge in [-0.2, -0.15) is 0 Å². The van der Waals surface area contributed by atoms with Crippen LogP contribution in [0.4, 0.5) is 0 Å². The van der Waals surface area contributed by atoms with Crippen LogP contribution in [0.5, 0.6) is 23.0 Å². The minimum Gasteiger partial charge on any atom is -0.423 e. The zero-order valence-electron chi connectivity index (χ0n) is 23.6. The maximum Gasteiger partial charge on any atom is 0.338 e. The van der Waals surface area contributed by atoms with Crippen molar-refractivity contribution in [2.75, 3.05) is 0 Å². The van der Waals surface area contributed by atoms with Crippen LogP contribution in [0.15, 0.2) is 85.0 Å². The van der Waals surface area contributed by atoms with Crippen molar-refractivity contribution < 1.29 is 38.1 Å². The highest BCUT2D eigenvalue weighted by Gasteiger charge is 2.20. The molecule has 0 fully saturated rings. The van der Waals surface area contributed by atoms with Crippen molar-refractivity contribution in [2.45, 2.75) is 41.5 Å². The number of allylic oxidation sites excluding steroid dienone is 2. The van der Waals surface area contributed by atoms with Gasteiger partial charge in [0, 0.05) is 45.6 Å². The normalized spacial score (nSPS) is 10.9. The Morgan fingerprint density at radius 3 is 1.02 bits per heavy atom. The third kappa shape index (κ3) is 8.01. The Morgan fingerprint density at radius 2 is 0.750 bits per heavy atom. The van der Waals surface area contributed by atoms with E-state index in [1.807, 2.05) is 0 Å². The Bertz CT molecular complexity index is 1370. The lowest BCUT2D eigenvalue weighted by Crippen LogP contribution is -2.12. The van der Waals surface area contributed by atoms with Crippen LogP contribution in [0.25, 0.3) is 11.1 Å². The molecule has 8 nitrogen and oxygen atoms in total. The topological polar surface area (TPSA) is 105 Å². The van der Waals surface area contributed by atoms with Gasteiger partial charge in [-0.15, -0.1) is 0 Å². The molecule has 8 heteroatoms. The van der Waals surface area contributed by atoms with Gasteiger partial charge in [-0.05, 0) is 77.0 Å². The van der Waals surface area contributed by atoms with Gasteiger partial charge in [-0.3, -0.25) is 0 Å². The minimum atomic E-state index is -0.671.